The monoisotopic (exact) mass is 398 g/mol. The number of benzene rings is 2. The number of halogens is 3. The van der Waals surface area contributed by atoms with Crippen LogP contribution in [0.25, 0.3) is 0 Å². The van der Waals surface area contributed by atoms with Crippen molar-refractivity contribution in [3.8, 4) is 0 Å². The Morgan fingerprint density at radius 3 is 2.44 bits per heavy atom. The van der Waals surface area contributed by atoms with Crippen LogP contribution in [0.3, 0.4) is 0 Å². The number of carbonyl (C=O) groups excluding carboxylic acids is 2. The van der Waals surface area contributed by atoms with E-state index in [0.29, 0.717) is 39.3 Å². The van der Waals surface area contributed by atoms with Gasteiger partial charge in [-0.3, -0.25) is 9.59 Å². The highest BCUT2D eigenvalue weighted by molar-refractivity contribution is 6.36. The van der Waals surface area contributed by atoms with Gasteiger partial charge in [-0.2, -0.15) is 0 Å². The number of amides is 2. The third kappa shape index (κ3) is 5.36. The zero-order valence-corrected chi connectivity index (χ0v) is 15.8. The number of anilines is 1. The molecule has 132 valence electrons. The number of rotatable bonds is 6. The Balaban J connectivity index is 2.13. The molecular formula is C18H17Cl3N2O2. The van der Waals surface area contributed by atoms with Gasteiger partial charge in [0.05, 0.1) is 21.3 Å². The molecule has 0 unspecified atom stereocenters. The smallest absolute Gasteiger partial charge is 0.255 e. The van der Waals surface area contributed by atoms with Gasteiger partial charge in [-0.1, -0.05) is 53.9 Å². The lowest BCUT2D eigenvalue weighted by Gasteiger charge is -2.22. The first-order valence-electron chi connectivity index (χ1n) is 7.71. The number of hydrogen-bond acceptors (Lipinski definition) is 2. The first-order valence-corrected chi connectivity index (χ1v) is 8.84. The first kappa shape index (κ1) is 19.6. The average molecular weight is 400 g/mol. The van der Waals surface area contributed by atoms with E-state index >= 15 is 0 Å². The van der Waals surface area contributed by atoms with E-state index in [2.05, 4.69) is 5.32 Å². The van der Waals surface area contributed by atoms with Crippen LogP contribution in [-0.4, -0.2) is 29.8 Å². The van der Waals surface area contributed by atoms with Gasteiger partial charge in [0, 0.05) is 11.6 Å². The summed E-state index contributed by atoms with van der Waals surface area (Å²) in [5.74, 6) is -0.655. The third-order valence-electron chi connectivity index (χ3n) is 3.42. The predicted octanol–water partition coefficient (Wildman–Crippen LogP) is 5.14. The minimum Gasteiger partial charge on any atom is -0.329 e. The van der Waals surface area contributed by atoms with Gasteiger partial charge in [0.15, 0.2) is 0 Å². The van der Waals surface area contributed by atoms with Crippen molar-refractivity contribution < 1.29 is 9.59 Å². The Morgan fingerprint density at radius 1 is 1.04 bits per heavy atom. The van der Waals surface area contributed by atoms with E-state index in [9.17, 15) is 9.59 Å². The summed E-state index contributed by atoms with van der Waals surface area (Å²) >= 11 is 18.0. The van der Waals surface area contributed by atoms with E-state index in [0.717, 1.165) is 0 Å². The van der Waals surface area contributed by atoms with Gasteiger partial charge in [0.1, 0.15) is 6.54 Å². The summed E-state index contributed by atoms with van der Waals surface area (Å²) in [6, 6.07) is 11.5. The molecule has 2 rings (SSSR count). The van der Waals surface area contributed by atoms with Crippen molar-refractivity contribution in [2.45, 2.75) is 13.3 Å². The average Bonchev–Trinajstić information content (AvgIpc) is 2.57. The summed E-state index contributed by atoms with van der Waals surface area (Å²) in [4.78, 5) is 26.5. The maximum absolute atomic E-state index is 12.7. The zero-order valence-electron chi connectivity index (χ0n) is 13.6. The van der Waals surface area contributed by atoms with Gasteiger partial charge in [-0.05, 0) is 36.8 Å². The molecule has 2 amide bonds. The molecule has 7 heteroatoms. The molecule has 0 saturated heterocycles. The van der Waals surface area contributed by atoms with Crippen LogP contribution in [0.4, 0.5) is 5.69 Å². The second kappa shape index (κ2) is 9.09. The molecule has 2 aromatic rings. The number of nitrogens with zero attached hydrogens (tertiary/aromatic N) is 1. The van der Waals surface area contributed by atoms with Crippen molar-refractivity contribution in [2.24, 2.45) is 0 Å². The molecular weight excluding hydrogens is 383 g/mol. The summed E-state index contributed by atoms with van der Waals surface area (Å²) in [5.41, 5.74) is 0.770. The van der Waals surface area contributed by atoms with Crippen molar-refractivity contribution in [1.29, 1.82) is 0 Å². The molecule has 0 saturated carbocycles. The maximum atomic E-state index is 12.7. The fourth-order valence-corrected chi connectivity index (χ4v) is 2.84. The van der Waals surface area contributed by atoms with Crippen molar-refractivity contribution in [3.63, 3.8) is 0 Å². The quantitative estimate of drug-likeness (QED) is 0.731. The molecule has 0 bridgehead atoms. The standard InChI is InChI=1S/C18H17Cl3N2O2/c1-2-9-23(18(25)13-5-3-4-6-14(13)20)11-17(24)22-16-10-12(19)7-8-15(16)21/h3-8,10H,2,9,11H2,1H3,(H,22,24). The first-order chi connectivity index (χ1) is 11.9. The molecule has 0 aromatic heterocycles. The molecule has 4 nitrogen and oxygen atoms in total. The van der Waals surface area contributed by atoms with Gasteiger partial charge < -0.3 is 10.2 Å². The Labute approximate surface area is 161 Å². The molecule has 25 heavy (non-hydrogen) atoms. The van der Waals surface area contributed by atoms with Crippen LogP contribution in [0.5, 0.6) is 0 Å². The van der Waals surface area contributed by atoms with E-state index in [4.69, 9.17) is 34.8 Å². The Morgan fingerprint density at radius 2 is 1.76 bits per heavy atom. The van der Waals surface area contributed by atoms with Crippen molar-refractivity contribution >= 4 is 52.3 Å². The van der Waals surface area contributed by atoms with Gasteiger partial charge >= 0.3 is 0 Å². The summed E-state index contributed by atoms with van der Waals surface area (Å²) in [6.45, 7) is 2.25. The fourth-order valence-electron chi connectivity index (χ4n) is 2.28. The van der Waals surface area contributed by atoms with Gasteiger partial charge in [0.2, 0.25) is 5.91 Å². The van der Waals surface area contributed by atoms with Gasteiger partial charge in [0.25, 0.3) is 5.91 Å². The summed E-state index contributed by atoms with van der Waals surface area (Å²) in [6.07, 6.45) is 0.710. The van der Waals surface area contributed by atoms with Crippen LogP contribution in [0.15, 0.2) is 42.5 Å². The molecule has 0 heterocycles. The lowest BCUT2D eigenvalue weighted by Crippen LogP contribution is -2.38. The van der Waals surface area contributed by atoms with Crippen LogP contribution in [0.2, 0.25) is 15.1 Å². The molecule has 0 radical (unpaired) electrons. The molecule has 0 fully saturated rings. The summed E-state index contributed by atoms with van der Waals surface area (Å²) in [5, 5.41) is 3.86. The minimum absolute atomic E-state index is 0.110. The SMILES string of the molecule is CCCN(CC(=O)Nc1cc(Cl)ccc1Cl)C(=O)c1ccccc1Cl. The van der Waals surface area contributed by atoms with Crippen molar-refractivity contribution in [2.75, 3.05) is 18.4 Å². The zero-order chi connectivity index (χ0) is 18.4. The van der Waals surface area contributed by atoms with Gasteiger partial charge in [-0.15, -0.1) is 0 Å². The highest BCUT2D eigenvalue weighted by Crippen LogP contribution is 2.25. The number of hydrogen-bond donors (Lipinski definition) is 1. The second-order valence-electron chi connectivity index (χ2n) is 5.38. The molecule has 0 atom stereocenters. The maximum Gasteiger partial charge on any atom is 0.255 e. The van der Waals surface area contributed by atoms with Crippen LogP contribution < -0.4 is 5.32 Å². The molecule has 2 aromatic carbocycles. The van der Waals surface area contributed by atoms with Crippen LogP contribution >= 0.6 is 34.8 Å². The number of nitrogens with one attached hydrogen (secondary N) is 1. The summed E-state index contributed by atoms with van der Waals surface area (Å²) in [7, 11) is 0. The topological polar surface area (TPSA) is 49.4 Å². The van der Waals surface area contributed by atoms with Crippen molar-refractivity contribution in [3.05, 3.63) is 63.1 Å². The third-order valence-corrected chi connectivity index (χ3v) is 4.32. The normalized spacial score (nSPS) is 10.4. The molecule has 0 spiro atoms. The van der Waals surface area contributed by atoms with Gasteiger partial charge in [-0.25, -0.2) is 0 Å². The Kier molecular flexibility index (Phi) is 7.12. The predicted molar refractivity (Wildman–Crippen MR) is 103 cm³/mol. The lowest BCUT2D eigenvalue weighted by atomic mass is 10.2. The highest BCUT2D eigenvalue weighted by atomic mass is 35.5. The van der Waals surface area contributed by atoms with Crippen LogP contribution in [0.1, 0.15) is 23.7 Å². The fraction of sp³-hybridized carbons (Fsp3) is 0.222. The molecule has 1 N–H and O–H groups in total. The van der Waals surface area contributed by atoms with E-state index < -0.39 is 0 Å². The van der Waals surface area contributed by atoms with E-state index in [1.165, 1.54) is 4.90 Å². The second-order valence-corrected chi connectivity index (χ2v) is 6.63. The Hall–Kier alpha value is -1.75. The van der Waals surface area contributed by atoms with E-state index in [1.54, 1.807) is 42.5 Å². The Bertz CT molecular complexity index is 781. The lowest BCUT2D eigenvalue weighted by molar-refractivity contribution is -0.116. The van der Waals surface area contributed by atoms with Crippen molar-refractivity contribution in [1.82, 2.24) is 4.90 Å². The largest absolute Gasteiger partial charge is 0.329 e. The minimum atomic E-state index is -0.363. The summed E-state index contributed by atoms with van der Waals surface area (Å²) < 4.78 is 0. The van der Waals surface area contributed by atoms with Crippen LogP contribution in [0, 0.1) is 0 Å². The molecule has 0 aliphatic rings. The number of carbonyl (C=O) groups is 2. The van der Waals surface area contributed by atoms with Crippen LogP contribution in [-0.2, 0) is 4.79 Å². The van der Waals surface area contributed by atoms with E-state index in [1.807, 2.05) is 6.92 Å². The van der Waals surface area contributed by atoms with E-state index in [-0.39, 0.29) is 18.4 Å². The molecule has 0 aliphatic carbocycles. The molecule has 0 aliphatic heterocycles. The highest BCUT2D eigenvalue weighted by Gasteiger charge is 2.20.